The second-order valence-electron chi connectivity index (χ2n) is 6.30. The Kier molecular flexibility index (Phi) is 4.65. The van der Waals surface area contributed by atoms with Crippen LogP contribution in [0, 0.1) is 0 Å². The van der Waals surface area contributed by atoms with Crippen molar-refractivity contribution in [3.05, 3.63) is 65.7 Å². The molecule has 1 amide bonds. The van der Waals surface area contributed by atoms with Crippen molar-refractivity contribution in [2.75, 3.05) is 13.7 Å². The Morgan fingerprint density at radius 2 is 1.78 bits per heavy atom. The Morgan fingerprint density at radius 1 is 1.09 bits per heavy atom. The van der Waals surface area contributed by atoms with Gasteiger partial charge in [-0.3, -0.25) is 4.79 Å². The summed E-state index contributed by atoms with van der Waals surface area (Å²) in [5.41, 5.74) is 2.48. The van der Waals surface area contributed by atoms with E-state index >= 15 is 0 Å². The molecule has 120 valence electrons. The molecule has 1 aliphatic carbocycles. The van der Waals surface area contributed by atoms with E-state index in [1.807, 2.05) is 30.3 Å². The summed E-state index contributed by atoms with van der Waals surface area (Å²) in [5, 5.41) is 3.13. The molecule has 0 radical (unpaired) electrons. The summed E-state index contributed by atoms with van der Waals surface area (Å²) in [7, 11) is 1.64. The number of carbonyl (C=O) groups excluding carboxylic acids is 1. The van der Waals surface area contributed by atoms with Crippen molar-refractivity contribution in [3.63, 3.8) is 0 Å². The maximum atomic E-state index is 12.2. The minimum Gasteiger partial charge on any atom is -0.497 e. The molecule has 3 rings (SSSR count). The van der Waals surface area contributed by atoms with E-state index in [1.54, 1.807) is 7.11 Å². The van der Waals surface area contributed by atoms with Gasteiger partial charge in [-0.25, -0.2) is 0 Å². The van der Waals surface area contributed by atoms with E-state index in [0.29, 0.717) is 6.42 Å². The average molecular weight is 309 g/mol. The lowest BCUT2D eigenvalue weighted by Gasteiger charge is -2.42. The smallest absolute Gasteiger partial charge is 0.224 e. The first-order chi connectivity index (χ1) is 11.2. The first-order valence-corrected chi connectivity index (χ1v) is 8.17. The lowest BCUT2D eigenvalue weighted by Crippen LogP contribution is -2.45. The number of hydrogen-bond donors (Lipinski definition) is 1. The minimum atomic E-state index is 0.0809. The zero-order chi connectivity index (χ0) is 16.1. The highest BCUT2D eigenvalue weighted by Crippen LogP contribution is 2.43. The van der Waals surface area contributed by atoms with Crippen LogP contribution in [0.1, 0.15) is 30.4 Å². The Balaban J connectivity index is 1.57. The zero-order valence-corrected chi connectivity index (χ0v) is 13.5. The highest BCUT2D eigenvalue weighted by molar-refractivity contribution is 5.78. The summed E-state index contributed by atoms with van der Waals surface area (Å²) in [6.45, 7) is 0.728. The molecular weight excluding hydrogens is 286 g/mol. The second-order valence-corrected chi connectivity index (χ2v) is 6.30. The predicted molar refractivity (Wildman–Crippen MR) is 91.7 cm³/mol. The maximum absolute atomic E-state index is 12.2. The number of hydrogen-bond acceptors (Lipinski definition) is 2. The molecule has 2 aromatic rings. The molecule has 23 heavy (non-hydrogen) atoms. The van der Waals surface area contributed by atoms with Gasteiger partial charge in [0.05, 0.1) is 13.5 Å². The number of ether oxygens (including phenoxy) is 1. The number of benzene rings is 2. The molecule has 0 bridgehead atoms. The lowest BCUT2D eigenvalue weighted by atomic mass is 9.64. The third kappa shape index (κ3) is 3.55. The summed E-state index contributed by atoms with van der Waals surface area (Å²) < 4.78 is 5.14. The lowest BCUT2D eigenvalue weighted by molar-refractivity contribution is -0.120. The normalized spacial score (nSPS) is 15.5. The SMILES string of the molecule is COc1ccc(CC(=O)NCC2(c3ccccc3)CCC2)cc1. The number of carbonyl (C=O) groups is 1. The second kappa shape index (κ2) is 6.86. The van der Waals surface area contributed by atoms with Gasteiger partial charge in [0.2, 0.25) is 5.91 Å². The van der Waals surface area contributed by atoms with Gasteiger partial charge in [-0.2, -0.15) is 0 Å². The van der Waals surface area contributed by atoms with E-state index in [4.69, 9.17) is 4.74 Å². The molecule has 0 aromatic heterocycles. The van der Waals surface area contributed by atoms with Crippen molar-refractivity contribution in [3.8, 4) is 5.75 Å². The minimum absolute atomic E-state index is 0.0809. The van der Waals surface area contributed by atoms with Crippen LogP contribution in [-0.4, -0.2) is 19.6 Å². The van der Waals surface area contributed by atoms with Crippen LogP contribution in [-0.2, 0) is 16.6 Å². The molecule has 3 heteroatoms. The quantitative estimate of drug-likeness (QED) is 0.887. The molecule has 0 atom stereocenters. The van der Waals surface area contributed by atoms with E-state index in [0.717, 1.165) is 30.7 Å². The predicted octanol–water partition coefficient (Wildman–Crippen LogP) is 3.48. The van der Waals surface area contributed by atoms with Crippen molar-refractivity contribution < 1.29 is 9.53 Å². The summed E-state index contributed by atoms with van der Waals surface area (Å²) in [6, 6.07) is 18.2. The molecule has 1 fully saturated rings. The van der Waals surface area contributed by atoms with Crippen molar-refractivity contribution in [1.82, 2.24) is 5.32 Å². The molecule has 1 N–H and O–H groups in total. The number of amides is 1. The van der Waals surface area contributed by atoms with Gasteiger partial charge in [0, 0.05) is 12.0 Å². The number of nitrogens with one attached hydrogen (secondary N) is 1. The topological polar surface area (TPSA) is 38.3 Å². The van der Waals surface area contributed by atoms with E-state index in [2.05, 4.69) is 29.6 Å². The highest BCUT2D eigenvalue weighted by Gasteiger charge is 2.38. The first kappa shape index (κ1) is 15.6. The summed E-state index contributed by atoms with van der Waals surface area (Å²) >= 11 is 0. The standard InChI is InChI=1S/C20H23NO2/c1-23-18-10-8-16(9-11-18)14-19(22)21-15-20(12-5-13-20)17-6-3-2-4-7-17/h2-4,6-11H,5,12-15H2,1H3,(H,21,22). The van der Waals surface area contributed by atoms with Gasteiger partial charge in [0.15, 0.2) is 0 Å². The van der Waals surface area contributed by atoms with Gasteiger partial charge in [0.25, 0.3) is 0 Å². The molecular formula is C20H23NO2. The van der Waals surface area contributed by atoms with Crippen molar-refractivity contribution >= 4 is 5.91 Å². The van der Waals surface area contributed by atoms with Crippen LogP contribution in [0.25, 0.3) is 0 Å². The first-order valence-electron chi connectivity index (χ1n) is 8.17. The zero-order valence-electron chi connectivity index (χ0n) is 13.5. The number of rotatable bonds is 6. The summed E-state index contributed by atoms with van der Waals surface area (Å²) in [6.07, 6.45) is 3.96. The Morgan fingerprint density at radius 3 is 2.35 bits per heavy atom. The molecule has 0 aliphatic heterocycles. The van der Waals surface area contributed by atoms with E-state index in [-0.39, 0.29) is 11.3 Å². The fourth-order valence-electron chi connectivity index (χ4n) is 3.22. The maximum Gasteiger partial charge on any atom is 0.224 e. The van der Waals surface area contributed by atoms with Crippen LogP contribution in [0.2, 0.25) is 0 Å². The van der Waals surface area contributed by atoms with Crippen LogP contribution < -0.4 is 10.1 Å². The van der Waals surface area contributed by atoms with E-state index < -0.39 is 0 Å². The fourth-order valence-corrected chi connectivity index (χ4v) is 3.22. The van der Waals surface area contributed by atoms with Crippen molar-refractivity contribution in [2.45, 2.75) is 31.1 Å². The van der Waals surface area contributed by atoms with Crippen LogP contribution in [0.5, 0.6) is 5.75 Å². The van der Waals surface area contributed by atoms with Gasteiger partial charge in [-0.1, -0.05) is 48.9 Å². The summed E-state index contributed by atoms with van der Waals surface area (Å²) in [4.78, 5) is 12.2. The van der Waals surface area contributed by atoms with E-state index in [1.165, 1.54) is 12.0 Å². The Hall–Kier alpha value is -2.29. The molecule has 0 saturated heterocycles. The molecule has 3 nitrogen and oxygen atoms in total. The van der Waals surface area contributed by atoms with Gasteiger partial charge < -0.3 is 10.1 Å². The number of methoxy groups -OCH3 is 1. The largest absolute Gasteiger partial charge is 0.497 e. The Labute approximate surface area is 137 Å². The van der Waals surface area contributed by atoms with Crippen molar-refractivity contribution in [2.24, 2.45) is 0 Å². The van der Waals surface area contributed by atoms with Gasteiger partial charge >= 0.3 is 0 Å². The molecule has 2 aromatic carbocycles. The Bertz CT molecular complexity index is 645. The third-order valence-electron chi connectivity index (χ3n) is 4.84. The fraction of sp³-hybridized carbons (Fsp3) is 0.350. The third-order valence-corrected chi connectivity index (χ3v) is 4.84. The van der Waals surface area contributed by atoms with Gasteiger partial charge in [0.1, 0.15) is 5.75 Å². The molecule has 0 heterocycles. The molecule has 1 saturated carbocycles. The molecule has 1 aliphatic rings. The van der Waals surface area contributed by atoms with Gasteiger partial charge in [-0.05, 0) is 36.1 Å². The highest BCUT2D eigenvalue weighted by atomic mass is 16.5. The van der Waals surface area contributed by atoms with Crippen LogP contribution in [0.4, 0.5) is 0 Å². The summed E-state index contributed by atoms with van der Waals surface area (Å²) in [5.74, 6) is 0.893. The van der Waals surface area contributed by atoms with Crippen molar-refractivity contribution in [1.29, 1.82) is 0 Å². The van der Waals surface area contributed by atoms with Crippen LogP contribution >= 0.6 is 0 Å². The van der Waals surface area contributed by atoms with Crippen LogP contribution in [0.3, 0.4) is 0 Å². The van der Waals surface area contributed by atoms with Gasteiger partial charge in [-0.15, -0.1) is 0 Å². The van der Waals surface area contributed by atoms with E-state index in [9.17, 15) is 4.79 Å². The molecule has 0 spiro atoms. The average Bonchev–Trinajstić information content (AvgIpc) is 2.55. The molecule has 0 unspecified atom stereocenters. The monoisotopic (exact) mass is 309 g/mol. The van der Waals surface area contributed by atoms with Crippen LogP contribution in [0.15, 0.2) is 54.6 Å².